The Balaban J connectivity index is 1.72. The average Bonchev–Trinajstić information content (AvgIpc) is 3.14. The molecule has 0 unspecified atom stereocenters. The van der Waals surface area contributed by atoms with Gasteiger partial charge in [0, 0.05) is 25.0 Å². The molecule has 0 N–H and O–H groups in total. The third-order valence-electron chi connectivity index (χ3n) is 4.70. The second-order valence-electron chi connectivity index (χ2n) is 6.36. The number of nitrogens with zero attached hydrogens (tertiary/aromatic N) is 3. The van der Waals surface area contributed by atoms with Crippen LogP contribution < -0.4 is 0 Å². The first kappa shape index (κ1) is 16.4. The van der Waals surface area contributed by atoms with Gasteiger partial charge in [-0.15, -0.1) is 11.3 Å². The molecule has 0 aliphatic carbocycles. The lowest BCUT2D eigenvalue weighted by molar-refractivity contribution is -0.153. The highest BCUT2D eigenvalue weighted by atomic mass is 32.1. The number of likely N-dealkylation sites (tertiary alicyclic amines) is 1. The maximum Gasteiger partial charge on any atom is 0.248 e. The summed E-state index contributed by atoms with van der Waals surface area (Å²) >= 11 is 1.55. The molecule has 0 bridgehead atoms. The van der Waals surface area contributed by atoms with Crippen molar-refractivity contribution < 1.29 is 14.3 Å². The standard InChI is InChI=1S/C16H23N3O3S/c1-12-17-13(11-23-12)10-14(20)19-5-3-4-16(19,2)15(21)18-6-8-22-9-7-18/h11H,3-10H2,1-2H3/t16-/m1/s1. The Morgan fingerprint density at radius 1 is 1.35 bits per heavy atom. The van der Waals surface area contributed by atoms with E-state index in [9.17, 15) is 9.59 Å². The summed E-state index contributed by atoms with van der Waals surface area (Å²) in [6, 6.07) is 0. The number of aryl methyl sites for hydroxylation is 1. The molecule has 3 rings (SSSR count). The van der Waals surface area contributed by atoms with Gasteiger partial charge >= 0.3 is 0 Å². The van der Waals surface area contributed by atoms with E-state index in [0.29, 0.717) is 32.8 Å². The SMILES string of the molecule is Cc1nc(CC(=O)N2CCC[C@]2(C)C(=O)N2CCOCC2)cs1. The molecule has 7 heteroatoms. The molecule has 0 aromatic carbocycles. The summed E-state index contributed by atoms with van der Waals surface area (Å²) in [5, 5.41) is 2.88. The van der Waals surface area contributed by atoms with Crippen LogP contribution in [-0.4, -0.2) is 65.0 Å². The molecule has 1 aromatic heterocycles. The fourth-order valence-corrected chi connectivity index (χ4v) is 4.04. The van der Waals surface area contributed by atoms with Gasteiger partial charge in [-0.3, -0.25) is 9.59 Å². The number of thiazole rings is 1. The molecule has 2 amide bonds. The molecule has 0 saturated carbocycles. The number of hydrogen-bond donors (Lipinski definition) is 0. The van der Waals surface area contributed by atoms with E-state index < -0.39 is 5.54 Å². The lowest BCUT2D eigenvalue weighted by atomic mass is 9.96. The highest BCUT2D eigenvalue weighted by Gasteiger charge is 2.47. The van der Waals surface area contributed by atoms with E-state index in [0.717, 1.165) is 23.5 Å². The second kappa shape index (κ2) is 6.57. The van der Waals surface area contributed by atoms with Gasteiger partial charge in [0.2, 0.25) is 11.8 Å². The van der Waals surface area contributed by atoms with Crippen LogP contribution in [0.5, 0.6) is 0 Å². The van der Waals surface area contributed by atoms with Crippen LogP contribution in [0, 0.1) is 6.92 Å². The van der Waals surface area contributed by atoms with E-state index >= 15 is 0 Å². The van der Waals surface area contributed by atoms with Crippen molar-refractivity contribution in [1.82, 2.24) is 14.8 Å². The van der Waals surface area contributed by atoms with Crippen molar-refractivity contribution in [1.29, 1.82) is 0 Å². The van der Waals surface area contributed by atoms with E-state index in [1.54, 1.807) is 16.2 Å². The van der Waals surface area contributed by atoms with Crippen LogP contribution in [0.1, 0.15) is 30.5 Å². The van der Waals surface area contributed by atoms with Gasteiger partial charge in [-0.2, -0.15) is 0 Å². The van der Waals surface area contributed by atoms with Crippen molar-refractivity contribution in [2.45, 2.75) is 38.6 Å². The molecular formula is C16H23N3O3S. The number of carbonyl (C=O) groups is 2. The van der Waals surface area contributed by atoms with Crippen LogP contribution in [0.2, 0.25) is 0 Å². The van der Waals surface area contributed by atoms with Gasteiger partial charge in [0.1, 0.15) is 5.54 Å². The molecule has 23 heavy (non-hydrogen) atoms. The van der Waals surface area contributed by atoms with Gasteiger partial charge in [-0.1, -0.05) is 0 Å². The zero-order valence-corrected chi connectivity index (χ0v) is 14.5. The Kier molecular flexibility index (Phi) is 4.68. The minimum Gasteiger partial charge on any atom is -0.378 e. The van der Waals surface area contributed by atoms with Crippen LogP contribution >= 0.6 is 11.3 Å². The minimum atomic E-state index is -0.723. The average molecular weight is 337 g/mol. The first-order valence-electron chi connectivity index (χ1n) is 8.09. The summed E-state index contributed by atoms with van der Waals surface area (Å²) in [4.78, 5) is 33.6. The van der Waals surface area contributed by atoms with Crippen LogP contribution in [0.25, 0.3) is 0 Å². The summed E-state index contributed by atoms with van der Waals surface area (Å²) in [6.07, 6.45) is 1.87. The van der Waals surface area contributed by atoms with Crippen LogP contribution in [0.3, 0.4) is 0 Å². The third kappa shape index (κ3) is 3.26. The minimum absolute atomic E-state index is 0.00286. The van der Waals surface area contributed by atoms with E-state index in [4.69, 9.17) is 4.74 Å². The molecule has 1 aromatic rings. The molecule has 2 aliphatic heterocycles. The number of amides is 2. The molecule has 0 spiro atoms. The first-order chi connectivity index (χ1) is 11.0. The highest BCUT2D eigenvalue weighted by molar-refractivity contribution is 7.09. The van der Waals surface area contributed by atoms with E-state index in [1.807, 2.05) is 24.1 Å². The highest BCUT2D eigenvalue weighted by Crippen LogP contribution is 2.32. The van der Waals surface area contributed by atoms with Crippen LogP contribution in [0.4, 0.5) is 0 Å². The largest absolute Gasteiger partial charge is 0.378 e. The Bertz CT molecular complexity index is 597. The zero-order valence-electron chi connectivity index (χ0n) is 13.7. The van der Waals surface area contributed by atoms with Crippen molar-refractivity contribution >= 4 is 23.2 Å². The summed E-state index contributed by atoms with van der Waals surface area (Å²) in [7, 11) is 0. The maximum absolute atomic E-state index is 13.0. The number of aromatic nitrogens is 1. The zero-order chi connectivity index (χ0) is 16.4. The lowest BCUT2D eigenvalue weighted by Gasteiger charge is -2.39. The van der Waals surface area contributed by atoms with Crippen molar-refractivity contribution in [2.75, 3.05) is 32.8 Å². The molecule has 3 heterocycles. The third-order valence-corrected chi connectivity index (χ3v) is 5.52. The van der Waals surface area contributed by atoms with Gasteiger partial charge in [-0.25, -0.2) is 4.98 Å². The summed E-state index contributed by atoms with van der Waals surface area (Å²) in [6.45, 7) is 6.86. The van der Waals surface area contributed by atoms with Crippen molar-refractivity contribution in [3.63, 3.8) is 0 Å². The van der Waals surface area contributed by atoms with Gasteiger partial charge in [0.05, 0.1) is 30.3 Å². The molecule has 0 radical (unpaired) electrons. The van der Waals surface area contributed by atoms with E-state index in [-0.39, 0.29) is 18.2 Å². The molecule has 2 aliphatic rings. The van der Waals surface area contributed by atoms with Crippen molar-refractivity contribution in [2.24, 2.45) is 0 Å². The first-order valence-corrected chi connectivity index (χ1v) is 8.97. The predicted molar refractivity (Wildman–Crippen MR) is 87.3 cm³/mol. The smallest absolute Gasteiger partial charge is 0.248 e. The van der Waals surface area contributed by atoms with Crippen molar-refractivity contribution in [3.05, 3.63) is 16.1 Å². The Labute approximate surface area is 140 Å². The van der Waals surface area contributed by atoms with Gasteiger partial charge in [0.25, 0.3) is 0 Å². The fraction of sp³-hybridized carbons (Fsp3) is 0.688. The van der Waals surface area contributed by atoms with Gasteiger partial charge in [-0.05, 0) is 26.7 Å². The second-order valence-corrected chi connectivity index (χ2v) is 7.42. The number of rotatable bonds is 3. The molecular weight excluding hydrogens is 314 g/mol. The number of carbonyl (C=O) groups excluding carboxylic acids is 2. The van der Waals surface area contributed by atoms with E-state index in [2.05, 4.69) is 4.98 Å². The normalized spacial score (nSPS) is 25.0. The Morgan fingerprint density at radius 3 is 2.74 bits per heavy atom. The quantitative estimate of drug-likeness (QED) is 0.832. The van der Waals surface area contributed by atoms with Gasteiger partial charge < -0.3 is 14.5 Å². The molecule has 6 nitrogen and oxygen atoms in total. The molecule has 2 saturated heterocycles. The molecule has 2 fully saturated rings. The summed E-state index contributed by atoms with van der Waals surface area (Å²) < 4.78 is 5.32. The Hall–Kier alpha value is -1.47. The summed E-state index contributed by atoms with van der Waals surface area (Å²) in [5.74, 6) is 0.0537. The van der Waals surface area contributed by atoms with Crippen LogP contribution in [-0.2, 0) is 20.7 Å². The monoisotopic (exact) mass is 337 g/mol. The predicted octanol–water partition coefficient (Wildman–Crippen LogP) is 1.23. The van der Waals surface area contributed by atoms with E-state index in [1.165, 1.54) is 0 Å². The number of morpholine rings is 1. The fourth-order valence-electron chi connectivity index (χ4n) is 3.43. The summed E-state index contributed by atoms with van der Waals surface area (Å²) in [5.41, 5.74) is 0.0741. The number of hydrogen-bond acceptors (Lipinski definition) is 5. The van der Waals surface area contributed by atoms with Gasteiger partial charge in [0.15, 0.2) is 0 Å². The Morgan fingerprint density at radius 2 is 2.09 bits per heavy atom. The lowest BCUT2D eigenvalue weighted by Crippen LogP contribution is -2.58. The topological polar surface area (TPSA) is 62.7 Å². The van der Waals surface area contributed by atoms with Crippen molar-refractivity contribution in [3.8, 4) is 0 Å². The number of ether oxygens (including phenoxy) is 1. The van der Waals surface area contributed by atoms with Crippen LogP contribution in [0.15, 0.2) is 5.38 Å². The molecule has 1 atom stereocenters. The maximum atomic E-state index is 13.0. The molecule has 126 valence electrons.